The van der Waals surface area contributed by atoms with Crippen LogP contribution in [0.3, 0.4) is 0 Å². The number of nitrogens with two attached hydrogens (primary N) is 1. The maximum Gasteiger partial charge on any atom is 0.296 e. The van der Waals surface area contributed by atoms with E-state index in [2.05, 4.69) is 0 Å². The summed E-state index contributed by atoms with van der Waals surface area (Å²) in [5.74, 6) is -0.736. The van der Waals surface area contributed by atoms with Crippen LogP contribution in [0.5, 0.6) is 5.75 Å². The van der Waals surface area contributed by atoms with Crippen molar-refractivity contribution in [1.29, 1.82) is 0 Å². The molecule has 142 valence electrons. The zero-order valence-corrected chi connectivity index (χ0v) is 15.4. The zero-order chi connectivity index (χ0) is 20.2. The largest absolute Gasteiger partial charge is 0.497 e. The highest BCUT2D eigenvalue weighted by Gasteiger charge is 2.36. The molecule has 9 heteroatoms. The van der Waals surface area contributed by atoms with Crippen LogP contribution in [-0.4, -0.2) is 31.9 Å². The molecule has 0 bridgehead atoms. The summed E-state index contributed by atoms with van der Waals surface area (Å²) >= 11 is 0. The van der Waals surface area contributed by atoms with Crippen molar-refractivity contribution in [3.05, 3.63) is 59.7 Å². The summed E-state index contributed by atoms with van der Waals surface area (Å²) in [5, 5.41) is 0.464. The maximum atomic E-state index is 13.1. The Morgan fingerprint density at radius 1 is 1.00 bits per heavy atom. The number of methoxy groups -OCH3 is 1. The third-order valence-electron chi connectivity index (χ3n) is 4.64. The summed E-state index contributed by atoms with van der Waals surface area (Å²) in [6, 6.07) is 11.8. The molecule has 0 aliphatic carbocycles. The van der Waals surface area contributed by atoms with Crippen LogP contribution in [0.1, 0.15) is 20.7 Å². The number of benzene rings is 3. The van der Waals surface area contributed by atoms with Crippen molar-refractivity contribution >= 4 is 44.1 Å². The van der Waals surface area contributed by atoms with Gasteiger partial charge in [-0.1, -0.05) is 12.1 Å². The van der Waals surface area contributed by atoms with Gasteiger partial charge in [0, 0.05) is 16.3 Å². The standard InChI is InChI=1S/C19H14N2O6S/c1-27-11-7-5-10(6-8-11)21-18(22)13-4-2-3-12-16(13)14(19(21)23)9-15(17(12)20)28(24,25)26/h2-9H,20H2,1H3,(H,24,25,26). The van der Waals surface area contributed by atoms with Crippen LogP contribution in [0, 0.1) is 0 Å². The van der Waals surface area contributed by atoms with E-state index in [1.165, 1.54) is 25.3 Å². The van der Waals surface area contributed by atoms with Gasteiger partial charge in [0.1, 0.15) is 10.6 Å². The molecule has 1 aliphatic rings. The molecule has 4 rings (SSSR count). The highest BCUT2D eigenvalue weighted by atomic mass is 32.2. The third-order valence-corrected chi connectivity index (χ3v) is 5.53. The Kier molecular flexibility index (Phi) is 3.88. The van der Waals surface area contributed by atoms with Crippen LogP contribution >= 0.6 is 0 Å². The van der Waals surface area contributed by atoms with Gasteiger partial charge < -0.3 is 10.5 Å². The highest BCUT2D eigenvalue weighted by molar-refractivity contribution is 7.86. The summed E-state index contributed by atoms with van der Waals surface area (Å²) in [6.45, 7) is 0. The predicted octanol–water partition coefficient (Wildman–Crippen LogP) is 2.48. The van der Waals surface area contributed by atoms with E-state index in [1.54, 1.807) is 24.3 Å². The number of ether oxygens (including phenoxy) is 1. The molecular formula is C19H14N2O6S. The first-order chi connectivity index (χ1) is 13.2. The molecule has 0 saturated heterocycles. The normalized spacial score (nSPS) is 13.9. The van der Waals surface area contributed by atoms with E-state index in [0.29, 0.717) is 11.4 Å². The number of imide groups is 1. The maximum absolute atomic E-state index is 13.1. The number of hydrogen-bond acceptors (Lipinski definition) is 6. The van der Waals surface area contributed by atoms with Gasteiger partial charge in [0.25, 0.3) is 21.9 Å². The van der Waals surface area contributed by atoms with E-state index in [-0.39, 0.29) is 27.6 Å². The summed E-state index contributed by atoms with van der Waals surface area (Å²) in [5.41, 5.74) is 6.14. The van der Waals surface area contributed by atoms with Gasteiger partial charge in [-0.15, -0.1) is 0 Å². The zero-order valence-electron chi connectivity index (χ0n) is 14.5. The van der Waals surface area contributed by atoms with Crippen LogP contribution in [-0.2, 0) is 10.1 Å². The van der Waals surface area contributed by atoms with Gasteiger partial charge in [0.2, 0.25) is 0 Å². The van der Waals surface area contributed by atoms with Crippen molar-refractivity contribution in [1.82, 2.24) is 0 Å². The molecule has 0 unspecified atom stereocenters. The third kappa shape index (κ3) is 2.52. The topological polar surface area (TPSA) is 127 Å². The Hall–Kier alpha value is -3.43. The van der Waals surface area contributed by atoms with Crippen LogP contribution in [0.25, 0.3) is 10.8 Å². The van der Waals surface area contributed by atoms with Crippen molar-refractivity contribution in [3.63, 3.8) is 0 Å². The number of hydrogen-bond donors (Lipinski definition) is 2. The predicted molar refractivity (Wildman–Crippen MR) is 102 cm³/mol. The fourth-order valence-electron chi connectivity index (χ4n) is 3.34. The van der Waals surface area contributed by atoms with Crippen LogP contribution in [0.2, 0.25) is 0 Å². The van der Waals surface area contributed by atoms with E-state index in [0.717, 1.165) is 11.0 Å². The minimum absolute atomic E-state index is 0.0390. The molecule has 0 saturated carbocycles. The fourth-order valence-corrected chi connectivity index (χ4v) is 3.99. The lowest BCUT2D eigenvalue weighted by Crippen LogP contribution is -2.40. The van der Waals surface area contributed by atoms with Crippen LogP contribution < -0.4 is 15.4 Å². The Labute approximate surface area is 159 Å². The molecule has 3 aromatic carbocycles. The molecule has 0 aromatic heterocycles. The molecule has 0 atom stereocenters. The monoisotopic (exact) mass is 398 g/mol. The van der Waals surface area contributed by atoms with E-state index in [9.17, 15) is 22.6 Å². The first kappa shape index (κ1) is 18.0. The SMILES string of the molecule is COc1ccc(N2C(=O)c3cccc4c(N)c(S(=O)(=O)O)cc(c34)C2=O)cc1. The molecular weight excluding hydrogens is 384 g/mol. The minimum atomic E-state index is -4.67. The molecule has 0 spiro atoms. The number of rotatable bonds is 3. The molecule has 8 nitrogen and oxygen atoms in total. The first-order valence-electron chi connectivity index (χ1n) is 8.09. The lowest BCUT2D eigenvalue weighted by Gasteiger charge is -2.28. The molecule has 3 N–H and O–H groups in total. The summed E-state index contributed by atoms with van der Waals surface area (Å²) in [7, 11) is -3.18. The average molecular weight is 398 g/mol. The van der Waals surface area contributed by atoms with Gasteiger partial charge in [0.05, 0.1) is 24.0 Å². The van der Waals surface area contributed by atoms with Crippen molar-refractivity contribution in [2.24, 2.45) is 0 Å². The van der Waals surface area contributed by atoms with Gasteiger partial charge in [-0.25, -0.2) is 4.90 Å². The first-order valence-corrected chi connectivity index (χ1v) is 9.53. The number of carbonyl (C=O) groups is 2. The summed E-state index contributed by atoms with van der Waals surface area (Å²) in [6.07, 6.45) is 0. The Bertz CT molecular complexity index is 1270. The van der Waals surface area contributed by atoms with Crippen molar-refractivity contribution in [2.75, 3.05) is 17.7 Å². The van der Waals surface area contributed by atoms with Crippen molar-refractivity contribution < 1.29 is 27.3 Å². The molecule has 1 heterocycles. The summed E-state index contributed by atoms with van der Waals surface area (Å²) < 4.78 is 38.0. The van der Waals surface area contributed by atoms with E-state index in [1.807, 2.05) is 0 Å². The van der Waals surface area contributed by atoms with Gasteiger partial charge in [0.15, 0.2) is 0 Å². The number of nitrogens with zero attached hydrogens (tertiary/aromatic N) is 1. The number of nitrogen functional groups attached to an aromatic ring is 1. The smallest absolute Gasteiger partial charge is 0.296 e. The lowest BCUT2D eigenvalue weighted by atomic mass is 9.92. The highest BCUT2D eigenvalue weighted by Crippen LogP contribution is 2.38. The Balaban J connectivity index is 2.01. The minimum Gasteiger partial charge on any atom is -0.497 e. The average Bonchev–Trinajstić information content (AvgIpc) is 2.66. The molecule has 1 aliphatic heterocycles. The van der Waals surface area contributed by atoms with Crippen LogP contribution in [0.15, 0.2) is 53.4 Å². The lowest BCUT2D eigenvalue weighted by molar-refractivity contribution is 0.0893. The second-order valence-electron chi connectivity index (χ2n) is 6.18. The molecule has 0 fully saturated rings. The van der Waals surface area contributed by atoms with Crippen LogP contribution in [0.4, 0.5) is 11.4 Å². The molecule has 0 radical (unpaired) electrons. The number of anilines is 2. The number of amides is 2. The molecule has 28 heavy (non-hydrogen) atoms. The number of carbonyl (C=O) groups excluding carboxylic acids is 2. The van der Waals surface area contributed by atoms with E-state index < -0.39 is 26.8 Å². The van der Waals surface area contributed by atoms with Gasteiger partial charge in [-0.3, -0.25) is 14.1 Å². The second kappa shape index (κ2) is 6.04. The van der Waals surface area contributed by atoms with Gasteiger partial charge >= 0.3 is 0 Å². The van der Waals surface area contributed by atoms with E-state index in [4.69, 9.17) is 10.5 Å². The molecule has 3 aromatic rings. The quantitative estimate of drug-likeness (QED) is 0.394. The summed E-state index contributed by atoms with van der Waals surface area (Å²) in [4.78, 5) is 26.5. The Morgan fingerprint density at radius 3 is 2.25 bits per heavy atom. The van der Waals surface area contributed by atoms with Gasteiger partial charge in [-0.05, 0) is 36.4 Å². The van der Waals surface area contributed by atoms with E-state index >= 15 is 0 Å². The van der Waals surface area contributed by atoms with Crippen molar-refractivity contribution in [3.8, 4) is 5.75 Å². The molecule has 2 amide bonds. The van der Waals surface area contributed by atoms with Crippen molar-refractivity contribution in [2.45, 2.75) is 4.90 Å². The Morgan fingerprint density at radius 2 is 1.64 bits per heavy atom. The van der Waals surface area contributed by atoms with Gasteiger partial charge in [-0.2, -0.15) is 8.42 Å². The second-order valence-corrected chi connectivity index (χ2v) is 7.57. The fraction of sp³-hybridized carbons (Fsp3) is 0.0526.